The summed E-state index contributed by atoms with van der Waals surface area (Å²) in [6.45, 7) is 1.58. The molecule has 0 saturated heterocycles. The van der Waals surface area contributed by atoms with E-state index in [0.29, 0.717) is 16.7 Å². The van der Waals surface area contributed by atoms with Crippen molar-refractivity contribution in [2.24, 2.45) is 0 Å². The summed E-state index contributed by atoms with van der Waals surface area (Å²) < 4.78 is 46.6. The van der Waals surface area contributed by atoms with E-state index >= 15 is 0 Å². The molecule has 0 radical (unpaired) electrons. The molecule has 30 heavy (non-hydrogen) atoms. The number of nitrogens with one attached hydrogen (secondary N) is 1. The fourth-order valence-electron chi connectivity index (χ4n) is 3.25. The van der Waals surface area contributed by atoms with Crippen molar-refractivity contribution in [1.82, 2.24) is 9.72 Å². The number of aromatic nitrogens is 2. The van der Waals surface area contributed by atoms with Gasteiger partial charge in [0.15, 0.2) is 15.7 Å². The van der Waals surface area contributed by atoms with E-state index in [1.165, 1.54) is 24.4 Å². The van der Waals surface area contributed by atoms with Crippen LogP contribution >= 0.6 is 0 Å². The molecular formula is C21H18FN3O4S. The smallest absolute Gasteiger partial charge is 0.245 e. The number of sulfone groups is 1. The molecule has 2 heterocycles. The SMILES string of the molecule is Cc1cc(NC(=O)Cn2cc(S(=O)(=O)Cc3ccccc3F)c3ccccc32)no1. The van der Waals surface area contributed by atoms with Gasteiger partial charge in [-0.2, -0.15) is 0 Å². The van der Waals surface area contributed by atoms with Gasteiger partial charge in [0.1, 0.15) is 18.1 Å². The van der Waals surface area contributed by atoms with E-state index in [2.05, 4.69) is 10.5 Å². The first-order chi connectivity index (χ1) is 14.3. The Hall–Kier alpha value is -3.46. The van der Waals surface area contributed by atoms with Gasteiger partial charge in [-0.3, -0.25) is 4.79 Å². The van der Waals surface area contributed by atoms with Gasteiger partial charge in [0.2, 0.25) is 5.91 Å². The number of halogens is 1. The van der Waals surface area contributed by atoms with Gasteiger partial charge >= 0.3 is 0 Å². The summed E-state index contributed by atoms with van der Waals surface area (Å²) in [6.07, 6.45) is 1.41. The van der Waals surface area contributed by atoms with Gasteiger partial charge in [0.25, 0.3) is 0 Å². The van der Waals surface area contributed by atoms with Crippen LogP contribution in [-0.2, 0) is 26.9 Å². The Morgan fingerprint density at radius 3 is 2.63 bits per heavy atom. The van der Waals surface area contributed by atoms with Crippen LogP contribution in [0.25, 0.3) is 10.9 Å². The molecule has 0 aliphatic carbocycles. The molecule has 0 bridgehead atoms. The second-order valence-electron chi connectivity index (χ2n) is 6.86. The van der Waals surface area contributed by atoms with Gasteiger partial charge in [0, 0.05) is 28.7 Å². The van der Waals surface area contributed by atoms with Crippen LogP contribution in [0.2, 0.25) is 0 Å². The summed E-state index contributed by atoms with van der Waals surface area (Å²) in [4.78, 5) is 12.5. The van der Waals surface area contributed by atoms with Crippen molar-refractivity contribution < 1.29 is 22.1 Å². The highest BCUT2D eigenvalue weighted by Gasteiger charge is 2.23. The molecule has 1 N–H and O–H groups in total. The lowest BCUT2D eigenvalue weighted by Crippen LogP contribution is -2.18. The number of rotatable bonds is 6. The Balaban J connectivity index is 1.66. The van der Waals surface area contributed by atoms with Crippen LogP contribution in [0.4, 0.5) is 10.2 Å². The van der Waals surface area contributed by atoms with Gasteiger partial charge in [-0.05, 0) is 19.1 Å². The topological polar surface area (TPSA) is 94.2 Å². The lowest BCUT2D eigenvalue weighted by Gasteiger charge is -2.05. The minimum Gasteiger partial charge on any atom is -0.360 e. The zero-order valence-corrected chi connectivity index (χ0v) is 16.8. The summed E-state index contributed by atoms with van der Waals surface area (Å²) in [7, 11) is -3.85. The number of aryl methyl sites for hydroxylation is 1. The van der Waals surface area contributed by atoms with Crippen LogP contribution < -0.4 is 5.32 Å². The molecule has 9 heteroatoms. The summed E-state index contributed by atoms with van der Waals surface area (Å²) in [5.41, 5.74) is 0.671. The molecule has 4 aromatic rings. The molecule has 0 fully saturated rings. The highest BCUT2D eigenvalue weighted by Crippen LogP contribution is 2.28. The molecular weight excluding hydrogens is 409 g/mol. The molecule has 2 aromatic heterocycles. The van der Waals surface area contributed by atoms with Gasteiger partial charge < -0.3 is 14.4 Å². The Labute approximate surface area is 172 Å². The minimum atomic E-state index is -3.85. The van der Waals surface area contributed by atoms with Crippen LogP contribution in [0.5, 0.6) is 0 Å². The number of benzene rings is 2. The number of anilines is 1. The number of carbonyl (C=O) groups is 1. The fraction of sp³-hybridized carbons (Fsp3) is 0.143. The van der Waals surface area contributed by atoms with Crippen LogP contribution in [0.1, 0.15) is 11.3 Å². The van der Waals surface area contributed by atoms with E-state index in [0.717, 1.165) is 0 Å². The molecule has 0 aliphatic heterocycles. The average Bonchev–Trinajstić information content (AvgIpc) is 3.27. The van der Waals surface area contributed by atoms with Gasteiger partial charge in [-0.25, -0.2) is 12.8 Å². The number of carbonyl (C=O) groups excluding carboxylic acids is 1. The van der Waals surface area contributed by atoms with Crippen molar-refractivity contribution in [2.75, 3.05) is 5.32 Å². The molecule has 0 unspecified atom stereocenters. The number of para-hydroxylation sites is 1. The second-order valence-corrected chi connectivity index (χ2v) is 8.82. The van der Waals surface area contributed by atoms with Gasteiger partial charge in [0.05, 0.1) is 10.6 Å². The van der Waals surface area contributed by atoms with Crippen LogP contribution in [0.3, 0.4) is 0 Å². The van der Waals surface area contributed by atoms with Crippen molar-refractivity contribution >= 4 is 32.5 Å². The van der Waals surface area contributed by atoms with E-state index in [-0.39, 0.29) is 28.7 Å². The summed E-state index contributed by atoms with van der Waals surface area (Å²) in [6, 6.07) is 14.2. The highest BCUT2D eigenvalue weighted by molar-refractivity contribution is 7.90. The van der Waals surface area contributed by atoms with E-state index < -0.39 is 21.4 Å². The van der Waals surface area contributed by atoms with Crippen molar-refractivity contribution in [1.29, 1.82) is 0 Å². The third kappa shape index (κ3) is 3.97. The highest BCUT2D eigenvalue weighted by atomic mass is 32.2. The first-order valence-electron chi connectivity index (χ1n) is 9.11. The molecule has 0 aliphatic rings. The Kier molecular flexibility index (Phi) is 5.13. The maximum atomic E-state index is 14.0. The second kappa shape index (κ2) is 7.75. The van der Waals surface area contributed by atoms with Gasteiger partial charge in [-0.1, -0.05) is 41.6 Å². The van der Waals surface area contributed by atoms with E-state index in [1.54, 1.807) is 47.9 Å². The van der Waals surface area contributed by atoms with Crippen LogP contribution in [-0.4, -0.2) is 24.0 Å². The van der Waals surface area contributed by atoms with E-state index in [4.69, 9.17) is 4.52 Å². The normalized spacial score (nSPS) is 11.7. The Morgan fingerprint density at radius 2 is 1.90 bits per heavy atom. The first-order valence-corrected chi connectivity index (χ1v) is 10.8. The Bertz CT molecular complexity index is 1340. The molecule has 4 rings (SSSR count). The van der Waals surface area contributed by atoms with E-state index in [9.17, 15) is 17.6 Å². The summed E-state index contributed by atoms with van der Waals surface area (Å²) in [5, 5.41) is 6.79. The summed E-state index contributed by atoms with van der Waals surface area (Å²) in [5.74, 6) is -0.605. The van der Waals surface area contributed by atoms with E-state index in [1.807, 2.05) is 0 Å². The molecule has 0 saturated carbocycles. The number of hydrogen-bond donors (Lipinski definition) is 1. The molecule has 1 amide bonds. The minimum absolute atomic E-state index is 0.0476. The maximum absolute atomic E-state index is 14.0. The lowest BCUT2D eigenvalue weighted by molar-refractivity contribution is -0.116. The molecule has 0 atom stereocenters. The number of amides is 1. The van der Waals surface area contributed by atoms with Crippen molar-refractivity contribution in [3.05, 3.63) is 77.9 Å². The first kappa shape index (κ1) is 19.8. The number of nitrogens with zero attached hydrogens (tertiary/aromatic N) is 2. The molecule has 154 valence electrons. The third-order valence-corrected chi connectivity index (χ3v) is 6.29. The fourth-order valence-corrected chi connectivity index (χ4v) is 4.85. The zero-order valence-electron chi connectivity index (χ0n) is 16.0. The van der Waals surface area contributed by atoms with Crippen molar-refractivity contribution in [2.45, 2.75) is 24.1 Å². The predicted molar refractivity (Wildman–Crippen MR) is 109 cm³/mol. The quantitative estimate of drug-likeness (QED) is 0.506. The predicted octanol–water partition coefficient (Wildman–Crippen LogP) is 3.69. The zero-order chi connectivity index (χ0) is 21.3. The summed E-state index contributed by atoms with van der Waals surface area (Å²) >= 11 is 0. The standard InChI is InChI=1S/C21H18FN3O4S/c1-14-10-20(24-29-14)23-21(26)12-25-11-19(16-7-3-5-9-18(16)25)30(27,28)13-15-6-2-4-8-17(15)22/h2-11H,12-13H2,1H3,(H,23,24,26). The van der Waals surface area contributed by atoms with Crippen LogP contribution in [0.15, 0.2) is 70.2 Å². The van der Waals surface area contributed by atoms with Crippen molar-refractivity contribution in [3.8, 4) is 0 Å². The molecule has 0 spiro atoms. The largest absolute Gasteiger partial charge is 0.360 e. The average molecular weight is 427 g/mol. The van der Waals surface area contributed by atoms with Crippen LogP contribution in [0, 0.1) is 12.7 Å². The lowest BCUT2D eigenvalue weighted by atomic mass is 10.2. The Morgan fingerprint density at radius 1 is 1.17 bits per heavy atom. The maximum Gasteiger partial charge on any atom is 0.245 e. The molecule has 7 nitrogen and oxygen atoms in total. The van der Waals surface area contributed by atoms with Gasteiger partial charge in [-0.15, -0.1) is 0 Å². The van der Waals surface area contributed by atoms with Crippen molar-refractivity contribution in [3.63, 3.8) is 0 Å². The molecule has 2 aromatic carbocycles. The third-order valence-electron chi connectivity index (χ3n) is 4.60. The number of fused-ring (bicyclic) bond motifs is 1. The number of hydrogen-bond acceptors (Lipinski definition) is 5. The monoisotopic (exact) mass is 427 g/mol.